The van der Waals surface area contributed by atoms with E-state index in [9.17, 15) is 8.78 Å². The number of imidazole rings is 1. The maximum Gasteiger partial charge on any atom is 0.229 e. The molecule has 2 fully saturated rings. The maximum absolute atomic E-state index is 15.0. The van der Waals surface area contributed by atoms with E-state index >= 15 is 4.39 Å². The van der Waals surface area contributed by atoms with Crippen LogP contribution >= 0.6 is 0 Å². The number of aryl methyl sites for hydroxylation is 1. The van der Waals surface area contributed by atoms with Crippen LogP contribution in [0.2, 0.25) is 0 Å². The first-order chi connectivity index (χ1) is 19.0. The number of alkyl halides is 1. The Morgan fingerprint density at radius 2 is 1.79 bits per heavy atom. The monoisotopic (exact) mass is 534 g/mol. The number of hydrogen-bond donors (Lipinski definition) is 1. The summed E-state index contributed by atoms with van der Waals surface area (Å²) >= 11 is 0. The van der Waals surface area contributed by atoms with Crippen molar-refractivity contribution in [1.29, 1.82) is 0 Å². The molecule has 3 atom stereocenters. The highest BCUT2D eigenvalue weighted by Crippen LogP contribution is 2.35. The summed E-state index contributed by atoms with van der Waals surface area (Å²) in [6.07, 6.45) is 6.60. The molecule has 0 spiro atoms. The molecule has 0 saturated carbocycles. The first kappa shape index (κ1) is 24.5. The highest BCUT2D eigenvalue weighted by atomic mass is 19.1. The highest BCUT2D eigenvalue weighted by Gasteiger charge is 2.37. The fourth-order valence-electron chi connectivity index (χ4n) is 6.42. The van der Waals surface area contributed by atoms with E-state index in [0.717, 1.165) is 31.4 Å². The lowest BCUT2D eigenvalue weighted by Gasteiger charge is -2.38. The van der Waals surface area contributed by atoms with Crippen LogP contribution in [-0.4, -0.2) is 73.2 Å². The van der Waals surface area contributed by atoms with E-state index < -0.39 is 24.4 Å². The number of nitrogens with zero attached hydrogens (tertiary/aromatic N) is 7. The molecular weight excluding hydrogens is 505 g/mol. The van der Waals surface area contributed by atoms with Crippen LogP contribution in [0.25, 0.3) is 22.3 Å². The average Bonchev–Trinajstić information content (AvgIpc) is 3.56. The Labute approximate surface area is 223 Å². The Hall–Kier alpha value is -3.57. The number of piperazine rings is 1. The molecule has 0 amide bonds. The van der Waals surface area contributed by atoms with Gasteiger partial charge in [-0.1, -0.05) is 6.07 Å². The van der Waals surface area contributed by atoms with Crippen LogP contribution in [0.4, 0.5) is 24.9 Å². The number of halogens is 3. The van der Waals surface area contributed by atoms with Gasteiger partial charge in [-0.15, -0.1) is 0 Å². The Bertz CT molecular complexity index is 1520. The van der Waals surface area contributed by atoms with Gasteiger partial charge in [0.15, 0.2) is 11.6 Å². The van der Waals surface area contributed by atoms with Crippen LogP contribution < -0.4 is 5.32 Å². The molecule has 4 aromatic rings. The molecular formula is C28H29F3N8. The van der Waals surface area contributed by atoms with Crippen molar-refractivity contribution in [2.45, 2.75) is 50.4 Å². The third kappa shape index (κ3) is 4.33. The van der Waals surface area contributed by atoms with Gasteiger partial charge in [0.2, 0.25) is 5.95 Å². The third-order valence-corrected chi connectivity index (χ3v) is 8.48. The van der Waals surface area contributed by atoms with Crippen LogP contribution in [0.1, 0.15) is 36.7 Å². The molecule has 2 saturated heterocycles. The van der Waals surface area contributed by atoms with E-state index in [2.05, 4.69) is 42.1 Å². The Morgan fingerprint density at radius 1 is 0.974 bits per heavy atom. The van der Waals surface area contributed by atoms with E-state index in [1.54, 1.807) is 10.6 Å². The first-order valence-corrected chi connectivity index (χ1v) is 13.4. The predicted molar refractivity (Wildman–Crippen MR) is 141 cm³/mol. The second-order valence-corrected chi connectivity index (χ2v) is 10.9. The van der Waals surface area contributed by atoms with Gasteiger partial charge in [0, 0.05) is 49.9 Å². The molecule has 2 bridgehead atoms. The van der Waals surface area contributed by atoms with E-state index in [-0.39, 0.29) is 22.7 Å². The van der Waals surface area contributed by atoms with Gasteiger partial charge in [-0.2, -0.15) is 0 Å². The number of aromatic nitrogens is 5. The summed E-state index contributed by atoms with van der Waals surface area (Å²) in [7, 11) is 2.23. The fraction of sp³-hybridized carbons (Fsp3) is 0.429. The zero-order valence-corrected chi connectivity index (χ0v) is 21.6. The van der Waals surface area contributed by atoms with Gasteiger partial charge in [-0.3, -0.25) is 9.80 Å². The predicted octanol–water partition coefficient (Wildman–Crippen LogP) is 4.65. The number of nitrogens with one attached hydrogen (secondary N) is 1. The third-order valence-electron chi connectivity index (χ3n) is 8.48. The summed E-state index contributed by atoms with van der Waals surface area (Å²) in [5, 5.41) is 3.03. The zero-order chi connectivity index (χ0) is 26.7. The largest absolute Gasteiger partial charge is 0.322 e. The summed E-state index contributed by atoms with van der Waals surface area (Å²) in [5.41, 5.74) is 1.90. The van der Waals surface area contributed by atoms with Gasteiger partial charge in [-0.05, 0) is 50.1 Å². The van der Waals surface area contributed by atoms with E-state index in [1.165, 1.54) is 18.9 Å². The van der Waals surface area contributed by atoms with Gasteiger partial charge in [0.25, 0.3) is 0 Å². The number of benzene rings is 1. The zero-order valence-electron chi connectivity index (χ0n) is 21.6. The first-order valence-electron chi connectivity index (χ1n) is 13.4. The molecule has 0 aliphatic carbocycles. The minimum absolute atomic E-state index is 0.0556. The van der Waals surface area contributed by atoms with Crippen molar-refractivity contribution >= 4 is 22.8 Å². The average molecular weight is 535 g/mol. The topological polar surface area (TPSA) is 75.0 Å². The van der Waals surface area contributed by atoms with Crippen LogP contribution in [0, 0.1) is 11.6 Å². The van der Waals surface area contributed by atoms with Crippen LogP contribution in [0.3, 0.4) is 0 Å². The smallest absolute Gasteiger partial charge is 0.229 e. The SMILES string of the molecule is CN1C2CCC1CN(Cc1ccc(Nc3ncc(F)c(-c4cc(F)c5nc6n(c5c4)[C@H](CF)CC6)n3)nc1)C2. The van der Waals surface area contributed by atoms with Crippen molar-refractivity contribution in [3.05, 3.63) is 59.7 Å². The van der Waals surface area contributed by atoms with Gasteiger partial charge >= 0.3 is 0 Å². The lowest BCUT2D eigenvalue weighted by Crippen LogP contribution is -2.51. The lowest BCUT2D eigenvalue weighted by atomic mass is 10.1. The minimum atomic E-state index is -0.688. The number of rotatable bonds is 6. The van der Waals surface area contributed by atoms with Crippen molar-refractivity contribution in [3.8, 4) is 11.3 Å². The molecule has 39 heavy (non-hydrogen) atoms. The standard InChI is InChI=1S/C28H29F3N8/c1-37-19-3-4-20(37)15-38(14-19)13-16-2-6-24(32-11-16)34-28-33-12-22(31)26(36-28)17-8-21(30)27-23(9-17)39-18(10-29)5-7-25(39)35-27/h2,6,8-9,11-12,18-20H,3-5,7,10,13-15H2,1H3,(H,32,33,34,36)/t18-,19?,20?/m0/s1. The Kier molecular flexibility index (Phi) is 6.00. The van der Waals surface area contributed by atoms with Crippen LogP contribution in [0.5, 0.6) is 0 Å². The molecule has 202 valence electrons. The molecule has 1 aromatic carbocycles. The van der Waals surface area contributed by atoms with Crippen LogP contribution in [0.15, 0.2) is 36.7 Å². The van der Waals surface area contributed by atoms with Crippen LogP contribution in [-0.2, 0) is 13.0 Å². The second kappa shape index (κ2) is 9.56. The summed E-state index contributed by atoms with van der Waals surface area (Å²) in [4.78, 5) is 22.2. The second-order valence-electron chi connectivity index (χ2n) is 10.9. The summed E-state index contributed by atoms with van der Waals surface area (Å²) < 4.78 is 45.1. The lowest BCUT2D eigenvalue weighted by molar-refractivity contribution is 0.0837. The van der Waals surface area contributed by atoms with Crippen molar-refractivity contribution in [1.82, 2.24) is 34.3 Å². The van der Waals surface area contributed by atoms with E-state index in [0.29, 0.717) is 42.1 Å². The van der Waals surface area contributed by atoms with Crippen molar-refractivity contribution < 1.29 is 13.2 Å². The minimum Gasteiger partial charge on any atom is -0.322 e. The van der Waals surface area contributed by atoms with Gasteiger partial charge in [0.05, 0.1) is 17.8 Å². The number of hydrogen-bond acceptors (Lipinski definition) is 7. The molecule has 6 heterocycles. The molecule has 2 unspecified atom stereocenters. The normalized spacial score (nSPS) is 23.0. The maximum atomic E-state index is 15.0. The van der Waals surface area contributed by atoms with E-state index in [1.807, 2.05) is 18.3 Å². The molecule has 3 aliphatic heterocycles. The summed E-state index contributed by atoms with van der Waals surface area (Å²) in [5.74, 6) is 0.0227. The molecule has 11 heteroatoms. The van der Waals surface area contributed by atoms with E-state index in [4.69, 9.17) is 0 Å². The quantitative estimate of drug-likeness (QED) is 0.386. The highest BCUT2D eigenvalue weighted by molar-refractivity contribution is 5.83. The van der Waals surface area contributed by atoms with Gasteiger partial charge in [0.1, 0.15) is 29.5 Å². The number of fused-ring (bicyclic) bond motifs is 5. The summed E-state index contributed by atoms with van der Waals surface area (Å²) in [6, 6.07) is 7.58. The Balaban J connectivity index is 1.11. The molecule has 8 nitrogen and oxygen atoms in total. The van der Waals surface area contributed by atoms with Crippen molar-refractivity contribution in [2.24, 2.45) is 0 Å². The van der Waals surface area contributed by atoms with Gasteiger partial charge in [-0.25, -0.2) is 33.1 Å². The number of likely N-dealkylation sites (N-methyl/N-ethyl adjacent to an activating group) is 1. The van der Waals surface area contributed by atoms with Gasteiger partial charge < -0.3 is 9.88 Å². The fourth-order valence-corrected chi connectivity index (χ4v) is 6.42. The Morgan fingerprint density at radius 3 is 2.54 bits per heavy atom. The van der Waals surface area contributed by atoms with Crippen molar-refractivity contribution in [2.75, 3.05) is 32.1 Å². The summed E-state index contributed by atoms with van der Waals surface area (Å²) in [6.45, 7) is 2.42. The molecule has 7 rings (SSSR count). The van der Waals surface area contributed by atoms with Crippen molar-refractivity contribution in [3.63, 3.8) is 0 Å². The number of anilines is 2. The molecule has 0 radical (unpaired) electrons. The molecule has 3 aromatic heterocycles. The number of likely N-dealkylation sites (tertiary alicyclic amines) is 1. The molecule has 3 aliphatic rings. The number of pyridine rings is 1. The molecule has 1 N–H and O–H groups in total.